The van der Waals surface area contributed by atoms with E-state index in [-0.39, 0.29) is 18.1 Å². The fourth-order valence-corrected chi connectivity index (χ4v) is 1.91. The van der Waals surface area contributed by atoms with Crippen LogP contribution in [0.1, 0.15) is 18.1 Å². The number of hydrogen-bond acceptors (Lipinski definition) is 1. The van der Waals surface area contributed by atoms with E-state index in [9.17, 15) is 9.18 Å². The van der Waals surface area contributed by atoms with Gasteiger partial charge >= 0.3 is 0 Å². The van der Waals surface area contributed by atoms with Crippen LogP contribution in [0, 0.1) is 12.7 Å². The molecule has 1 N–H and O–H groups in total. The van der Waals surface area contributed by atoms with Crippen molar-refractivity contribution in [1.82, 2.24) is 0 Å². The molecule has 0 radical (unpaired) electrons. The zero-order chi connectivity index (χ0) is 14.5. The highest BCUT2D eigenvalue weighted by Gasteiger charge is 2.11. The number of amides is 1. The van der Waals surface area contributed by atoms with Gasteiger partial charge in [-0.25, -0.2) is 4.39 Å². The van der Waals surface area contributed by atoms with Crippen LogP contribution < -0.4 is 9.88 Å². The summed E-state index contributed by atoms with van der Waals surface area (Å²) in [5.74, 6) is -0.660. The Hall–Kier alpha value is -2.23. The van der Waals surface area contributed by atoms with Crippen molar-refractivity contribution in [3.8, 4) is 0 Å². The van der Waals surface area contributed by atoms with Gasteiger partial charge in [0.1, 0.15) is 5.82 Å². The van der Waals surface area contributed by atoms with Crippen LogP contribution in [0.5, 0.6) is 0 Å². The largest absolute Gasteiger partial charge is 0.318 e. The van der Waals surface area contributed by atoms with Gasteiger partial charge in [0.2, 0.25) is 6.54 Å². The number of benzene rings is 1. The van der Waals surface area contributed by atoms with Crippen molar-refractivity contribution in [1.29, 1.82) is 0 Å². The zero-order valence-electron chi connectivity index (χ0n) is 11.7. The maximum absolute atomic E-state index is 13.6. The Morgan fingerprint density at radius 2 is 1.95 bits per heavy atom. The van der Waals surface area contributed by atoms with Crippen LogP contribution in [0.15, 0.2) is 42.7 Å². The highest BCUT2D eigenvalue weighted by atomic mass is 19.1. The van der Waals surface area contributed by atoms with Crippen LogP contribution in [-0.4, -0.2) is 5.91 Å². The minimum absolute atomic E-state index is 0.164. The number of nitrogens with one attached hydrogen (secondary N) is 1. The van der Waals surface area contributed by atoms with E-state index < -0.39 is 5.82 Å². The third-order valence-electron chi connectivity index (χ3n) is 3.09. The van der Waals surface area contributed by atoms with E-state index in [1.54, 1.807) is 23.6 Å². The van der Waals surface area contributed by atoms with Gasteiger partial charge in [-0.2, -0.15) is 4.57 Å². The van der Waals surface area contributed by atoms with Gasteiger partial charge in [-0.15, -0.1) is 0 Å². The molecular weight excluding hydrogens is 255 g/mol. The van der Waals surface area contributed by atoms with Crippen LogP contribution in [0.3, 0.4) is 0 Å². The molecule has 0 unspecified atom stereocenters. The lowest BCUT2D eigenvalue weighted by Crippen LogP contribution is -2.39. The normalized spacial score (nSPS) is 10.3. The molecule has 20 heavy (non-hydrogen) atoms. The van der Waals surface area contributed by atoms with Crippen LogP contribution in [0.4, 0.5) is 10.1 Å². The first-order valence-electron chi connectivity index (χ1n) is 6.62. The average Bonchev–Trinajstić information content (AvgIpc) is 2.43. The first-order valence-corrected chi connectivity index (χ1v) is 6.62. The van der Waals surface area contributed by atoms with Crippen LogP contribution in [0.25, 0.3) is 0 Å². The molecule has 4 heteroatoms. The number of rotatable bonds is 4. The van der Waals surface area contributed by atoms with Crippen molar-refractivity contribution in [2.24, 2.45) is 0 Å². The molecule has 2 rings (SSSR count). The van der Waals surface area contributed by atoms with Gasteiger partial charge in [-0.1, -0.05) is 13.0 Å². The number of nitrogens with zero attached hydrogens (tertiary/aromatic N) is 1. The second kappa shape index (κ2) is 6.28. The van der Waals surface area contributed by atoms with Gasteiger partial charge in [-0.3, -0.25) is 4.79 Å². The summed E-state index contributed by atoms with van der Waals surface area (Å²) < 4.78 is 15.4. The highest BCUT2D eigenvalue weighted by Crippen LogP contribution is 2.14. The zero-order valence-corrected chi connectivity index (χ0v) is 11.7. The van der Waals surface area contributed by atoms with Gasteiger partial charge < -0.3 is 5.32 Å². The maximum atomic E-state index is 13.6. The Kier molecular flexibility index (Phi) is 4.45. The molecule has 1 aromatic heterocycles. The molecule has 3 nitrogen and oxygen atoms in total. The minimum atomic E-state index is -0.412. The number of aromatic nitrogens is 1. The number of hydrogen-bond donors (Lipinski definition) is 1. The molecule has 0 saturated heterocycles. The molecule has 0 fully saturated rings. The lowest BCUT2D eigenvalue weighted by molar-refractivity contribution is -0.684. The fourth-order valence-electron chi connectivity index (χ4n) is 1.91. The molecule has 0 bridgehead atoms. The van der Waals surface area contributed by atoms with Crippen molar-refractivity contribution in [3.05, 3.63) is 59.7 Å². The Bertz CT molecular complexity index is 608. The summed E-state index contributed by atoms with van der Waals surface area (Å²) in [5.41, 5.74) is 2.25. The molecule has 2 aromatic rings. The lowest BCUT2D eigenvalue weighted by Gasteiger charge is -2.05. The molecule has 0 spiro atoms. The maximum Gasteiger partial charge on any atom is 0.290 e. The van der Waals surface area contributed by atoms with E-state index in [0.29, 0.717) is 0 Å². The number of halogens is 1. The van der Waals surface area contributed by atoms with Gasteiger partial charge in [0.05, 0.1) is 5.69 Å². The van der Waals surface area contributed by atoms with Crippen LogP contribution in [-0.2, 0) is 17.8 Å². The Balaban J connectivity index is 2.01. The summed E-state index contributed by atoms with van der Waals surface area (Å²) >= 11 is 0. The van der Waals surface area contributed by atoms with E-state index in [1.807, 2.05) is 24.5 Å². The van der Waals surface area contributed by atoms with Gasteiger partial charge in [-0.05, 0) is 36.6 Å². The van der Waals surface area contributed by atoms with Crippen LogP contribution in [0.2, 0.25) is 0 Å². The molecule has 1 heterocycles. The predicted molar refractivity (Wildman–Crippen MR) is 75.8 cm³/mol. The molecule has 0 saturated carbocycles. The molecular formula is C16H18FN2O+. The molecule has 1 amide bonds. The van der Waals surface area contributed by atoms with E-state index in [1.165, 1.54) is 11.6 Å². The fraction of sp³-hybridized carbons (Fsp3) is 0.250. The van der Waals surface area contributed by atoms with E-state index >= 15 is 0 Å². The topological polar surface area (TPSA) is 33.0 Å². The van der Waals surface area contributed by atoms with Crippen molar-refractivity contribution in [2.75, 3.05) is 5.32 Å². The minimum Gasteiger partial charge on any atom is -0.318 e. The lowest BCUT2D eigenvalue weighted by atomic mass is 10.2. The summed E-state index contributed by atoms with van der Waals surface area (Å²) in [6.07, 6.45) is 4.66. The number of carbonyl (C=O) groups excluding carboxylic acids is 1. The first-order chi connectivity index (χ1) is 9.58. The Morgan fingerprint density at radius 1 is 1.25 bits per heavy atom. The molecule has 0 aliphatic rings. The van der Waals surface area contributed by atoms with Crippen LogP contribution >= 0.6 is 0 Å². The summed E-state index contributed by atoms with van der Waals surface area (Å²) in [4.78, 5) is 11.9. The monoisotopic (exact) mass is 273 g/mol. The standard InChI is InChI=1S/C16H17FN2O/c1-3-13-6-8-19(9-7-13)11-16(20)18-15-5-4-12(2)10-14(15)17/h4-10H,3,11H2,1-2H3/p+1. The second-order valence-corrected chi connectivity index (χ2v) is 4.76. The van der Waals surface area contributed by atoms with Crippen molar-refractivity contribution < 1.29 is 13.8 Å². The highest BCUT2D eigenvalue weighted by molar-refractivity contribution is 5.89. The summed E-state index contributed by atoms with van der Waals surface area (Å²) in [6, 6.07) is 8.69. The molecule has 0 aliphatic heterocycles. The van der Waals surface area contributed by atoms with E-state index in [0.717, 1.165) is 12.0 Å². The number of aryl methyl sites for hydroxylation is 2. The van der Waals surface area contributed by atoms with E-state index in [4.69, 9.17) is 0 Å². The van der Waals surface area contributed by atoms with E-state index in [2.05, 4.69) is 12.2 Å². The van der Waals surface area contributed by atoms with Crippen molar-refractivity contribution in [3.63, 3.8) is 0 Å². The summed E-state index contributed by atoms with van der Waals surface area (Å²) in [5, 5.41) is 2.58. The third-order valence-corrected chi connectivity index (χ3v) is 3.09. The summed E-state index contributed by atoms with van der Waals surface area (Å²) in [6.45, 7) is 4.05. The Morgan fingerprint density at radius 3 is 2.55 bits per heavy atom. The SMILES string of the molecule is CCc1cc[n+](CC(=O)Nc2ccc(C)cc2F)cc1. The molecule has 104 valence electrons. The molecule has 1 aromatic carbocycles. The number of anilines is 1. The quantitative estimate of drug-likeness (QED) is 0.853. The summed E-state index contributed by atoms with van der Waals surface area (Å²) in [7, 11) is 0. The third kappa shape index (κ3) is 3.63. The second-order valence-electron chi connectivity index (χ2n) is 4.76. The average molecular weight is 273 g/mol. The Labute approximate surface area is 118 Å². The van der Waals surface area contributed by atoms with Gasteiger partial charge in [0.25, 0.3) is 5.91 Å². The number of carbonyl (C=O) groups is 1. The van der Waals surface area contributed by atoms with Crippen molar-refractivity contribution >= 4 is 11.6 Å². The van der Waals surface area contributed by atoms with Gasteiger partial charge in [0.15, 0.2) is 12.4 Å². The van der Waals surface area contributed by atoms with Gasteiger partial charge in [0, 0.05) is 12.1 Å². The predicted octanol–water partition coefficient (Wildman–Crippen LogP) is 2.62. The smallest absolute Gasteiger partial charge is 0.290 e. The molecule has 0 aliphatic carbocycles. The number of pyridine rings is 1. The first kappa shape index (κ1) is 14.2. The molecule has 0 atom stereocenters. The van der Waals surface area contributed by atoms with Crippen molar-refractivity contribution in [2.45, 2.75) is 26.8 Å².